The van der Waals surface area contributed by atoms with E-state index in [1.807, 2.05) is 54.6 Å². The van der Waals surface area contributed by atoms with E-state index in [1.54, 1.807) is 72.8 Å². The maximum atomic E-state index is 14.0. The van der Waals surface area contributed by atoms with Crippen molar-refractivity contribution in [3.8, 4) is 0 Å². The van der Waals surface area contributed by atoms with Crippen molar-refractivity contribution in [3.63, 3.8) is 0 Å². The number of esters is 3. The first kappa shape index (κ1) is 41.5. The second-order valence-corrected chi connectivity index (χ2v) is 13.1. The van der Waals surface area contributed by atoms with Gasteiger partial charge in [0, 0.05) is 47.4 Å². The minimum Gasteiger partial charge on any atom is -0.459 e. The Morgan fingerprint density at radius 1 is 0.464 bits per heavy atom. The van der Waals surface area contributed by atoms with Gasteiger partial charge < -0.3 is 28.4 Å². The Labute approximate surface area is 328 Å². The summed E-state index contributed by atoms with van der Waals surface area (Å²) in [4.78, 5) is 43.8. The van der Waals surface area contributed by atoms with Gasteiger partial charge in [0.1, 0.15) is 12.7 Å². The minimum absolute atomic E-state index is 0.196. The van der Waals surface area contributed by atoms with Gasteiger partial charge in [0.05, 0.1) is 0 Å². The molecular weight excluding hydrogens is 711 g/mol. The molecule has 0 saturated carbocycles. The Balaban J connectivity index is 1.48. The van der Waals surface area contributed by atoms with Gasteiger partial charge in [0.15, 0.2) is 24.4 Å². The molecule has 5 atom stereocenters. The Morgan fingerprint density at radius 3 is 1.18 bits per heavy atom. The number of carbonyl (C=O) groups is 3. The molecule has 292 valence electrons. The normalized spacial score (nSPS) is 13.9. The fraction of sp³-hybridized carbons (Fsp3) is 0.283. The summed E-state index contributed by atoms with van der Waals surface area (Å²) in [6.45, 7) is 1.14. The summed E-state index contributed by atoms with van der Waals surface area (Å²) in [6.07, 6.45) is -5.39. The van der Waals surface area contributed by atoms with Crippen LogP contribution in [0.15, 0.2) is 152 Å². The van der Waals surface area contributed by atoms with E-state index in [1.165, 1.54) is 21.3 Å². The first-order valence-corrected chi connectivity index (χ1v) is 18.5. The minimum atomic E-state index is -1.26. The van der Waals surface area contributed by atoms with Gasteiger partial charge in [0.25, 0.3) is 0 Å². The summed E-state index contributed by atoms with van der Waals surface area (Å²) < 4.78 is 35.0. The summed E-state index contributed by atoms with van der Waals surface area (Å²) >= 11 is 0. The zero-order valence-corrected chi connectivity index (χ0v) is 32.0. The molecule has 10 nitrogen and oxygen atoms in total. The van der Waals surface area contributed by atoms with E-state index in [2.05, 4.69) is 29.2 Å². The number of carbonyl (C=O) groups excluding carboxylic acids is 3. The van der Waals surface area contributed by atoms with Gasteiger partial charge in [0.2, 0.25) is 0 Å². The third-order valence-corrected chi connectivity index (χ3v) is 9.22. The van der Waals surface area contributed by atoms with Crippen molar-refractivity contribution in [2.75, 3.05) is 34.5 Å². The molecule has 5 aromatic carbocycles. The number of hydrogen-bond acceptors (Lipinski definition) is 10. The Morgan fingerprint density at radius 2 is 0.804 bits per heavy atom. The van der Waals surface area contributed by atoms with Crippen LogP contribution in [0.2, 0.25) is 0 Å². The smallest absolute Gasteiger partial charge is 0.340 e. The molecule has 0 amide bonds. The van der Waals surface area contributed by atoms with Gasteiger partial charge >= 0.3 is 17.9 Å². The predicted octanol–water partition coefficient (Wildman–Crippen LogP) is 7.61. The van der Waals surface area contributed by atoms with Gasteiger partial charge in [-0.3, -0.25) is 4.90 Å². The van der Waals surface area contributed by atoms with E-state index in [0.717, 1.165) is 11.1 Å². The third kappa shape index (κ3) is 12.2. The van der Waals surface area contributed by atoms with E-state index in [9.17, 15) is 14.4 Å². The number of ether oxygens (including phenoxy) is 6. The second kappa shape index (κ2) is 22.0. The molecule has 0 aromatic heterocycles. The van der Waals surface area contributed by atoms with Crippen LogP contribution in [0.3, 0.4) is 0 Å². The zero-order chi connectivity index (χ0) is 39.5. The highest BCUT2D eigenvalue weighted by Crippen LogP contribution is 2.26. The van der Waals surface area contributed by atoms with Gasteiger partial charge in [-0.15, -0.1) is 0 Å². The molecule has 0 aliphatic heterocycles. The van der Waals surface area contributed by atoms with Gasteiger partial charge in [-0.2, -0.15) is 0 Å². The van der Waals surface area contributed by atoms with Crippen LogP contribution >= 0.6 is 0 Å². The maximum Gasteiger partial charge on any atom is 0.340 e. The molecule has 5 rings (SSSR count). The monoisotopic (exact) mass is 759 g/mol. The molecule has 0 spiro atoms. The number of benzene rings is 5. The van der Waals surface area contributed by atoms with Crippen molar-refractivity contribution in [2.45, 2.75) is 50.0 Å². The van der Waals surface area contributed by atoms with Gasteiger partial charge in [-0.05, 0) is 27.8 Å². The average molecular weight is 760 g/mol. The van der Waals surface area contributed by atoms with Crippen LogP contribution < -0.4 is 0 Å². The van der Waals surface area contributed by atoms with Gasteiger partial charge in [-0.25, -0.2) is 14.4 Å². The summed E-state index contributed by atoms with van der Waals surface area (Å²) in [7, 11) is 4.24. The Hall–Kier alpha value is -5.65. The van der Waals surface area contributed by atoms with Crippen LogP contribution in [0.1, 0.15) is 52.5 Å². The van der Waals surface area contributed by atoms with Crippen LogP contribution in [0.4, 0.5) is 0 Å². The van der Waals surface area contributed by atoms with Crippen molar-refractivity contribution in [1.29, 1.82) is 0 Å². The van der Waals surface area contributed by atoms with Crippen molar-refractivity contribution < 1.29 is 42.8 Å². The third-order valence-electron chi connectivity index (χ3n) is 9.22. The molecule has 0 saturated heterocycles. The highest BCUT2D eigenvalue weighted by molar-refractivity contribution is 5.78. The molecule has 0 bridgehead atoms. The highest BCUT2D eigenvalue weighted by Gasteiger charge is 2.36. The molecular formula is C46H49NO9. The second-order valence-electron chi connectivity index (χ2n) is 13.1. The SMILES string of the molecule is CO[C@H](C(=O)OC[C@@H](OC(=O)[C@@H](OC)c1ccccc1)[C@H](CCN(Cc1ccccc1)Cc1ccccc1)OC(=O)[C@@H](OC)c1ccccc1)c1ccccc1. The molecule has 0 heterocycles. The van der Waals surface area contributed by atoms with Crippen LogP contribution in [-0.4, -0.2) is 69.5 Å². The van der Waals surface area contributed by atoms with E-state index >= 15 is 0 Å². The molecule has 0 aliphatic rings. The molecule has 0 fully saturated rings. The molecule has 10 heteroatoms. The van der Waals surface area contributed by atoms with Gasteiger partial charge in [-0.1, -0.05) is 152 Å². The first-order chi connectivity index (χ1) is 27.4. The van der Waals surface area contributed by atoms with E-state index in [4.69, 9.17) is 28.4 Å². The van der Waals surface area contributed by atoms with Crippen LogP contribution in [0.5, 0.6) is 0 Å². The number of methoxy groups -OCH3 is 3. The van der Waals surface area contributed by atoms with Crippen LogP contribution in [-0.2, 0) is 55.9 Å². The quantitative estimate of drug-likeness (QED) is 0.0548. The van der Waals surface area contributed by atoms with E-state index < -0.39 is 55.0 Å². The summed E-state index contributed by atoms with van der Waals surface area (Å²) in [6, 6.07) is 46.9. The molecule has 5 aromatic rings. The molecule has 0 aliphatic carbocycles. The lowest BCUT2D eigenvalue weighted by atomic mass is 10.1. The highest BCUT2D eigenvalue weighted by atomic mass is 16.6. The number of rotatable bonds is 21. The lowest BCUT2D eigenvalue weighted by Gasteiger charge is -2.31. The average Bonchev–Trinajstić information content (AvgIpc) is 3.23. The largest absolute Gasteiger partial charge is 0.459 e. The lowest BCUT2D eigenvalue weighted by Crippen LogP contribution is -2.43. The predicted molar refractivity (Wildman–Crippen MR) is 211 cm³/mol. The fourth-order valence-electron chi connectivity index (χ4n) is 6.40. The molecule has 0 unspecified atom stereocenters. The lowest BCUT2D eigenvalue weighted by molar-refractivity contribution is -0.189. The van der Waals surface area contributed by atoms with E-state index in [0.29, 0.717) is 36.3 Å². The molecule has 0 N–H and O–H groups in total. The number of nitrogens with zero attached hydrogens (tertiary/aromatic N) is 1. The zero-order valence-electron chi connectivity index (χ0n) is 32.0. The summed E-state index contributed by atoms with van der Waals surface area (Å²) in [5, 5.41) is 0. The maximum absolute atomic E-state index is 14.0. The Kier molecular flexibility index (Phi) is 16.3. The molecule has 56 heavy (non-hydrogen) atoms. The molecule has 0 radical (unpaired) electrons. The Bertz CT molecular complexity index is 1860. The van der Waals surface area contributed by atoms with Crippen LogP contribution in [0, 0.1) is 0 Å². The van der Waals surface area contributed by atoms with E-state index in [-0.39, 0.29) is 6.42 Å². The summed E-state index contributed by atoms with van der Waals surface area (Å²) in [5.74, 6) is -2.15. The van der Waals surface area contributed by atoms with Crippen LogP contribution in [0.25, 0.3) is 0 Å². The van der Waals surface area contributed by atoms with Crippen molar-refractivity contribution >= 4 is 17.9 Å². The van der Waals surface area contributed by atoms with Crippen molar-refractivity contribution in [1.82, 2.24) is 4.90 Å². The topological polar surface area (TPSA) is 110 Å². The number of hydrogen-bond donors (Lipinski definition) is 0. The van der Waals surface area contributed by atoms with Crippen molar-refractivity contribution in [3.05, 3.63) is 179 Å². The van der Waals surface area contributed by atoms with Crippen molar-refractivity contribution in [2.24, 2.45) is 0 Å². The summed E-state index contributed by atoms with van der Waals surface area (Å²) in [5.41, 5.74) is 3.92. The standard InChI is InChI=1S/C46H49NO9/c1-51-41(36-23-13-6-14-24-36)44(48)54-33-40(56-46(50)43(53-3)38-27-17-8-18-28-38)39(55-45(49)42(52-2)37-25-15-7-16-26-37)29-30-47(31-34-19-9-4-10-20-34)32-35-21-11-5-12-22-35/h4-28,39-43H,29-33H2,1-3H3/t39-,40+,41-,42-,43-/m0/s1. The fourth-order valence-corrected chi connectivity index (χ4v) is 6.40. The first-order valence-electron chi connectivity index (χ1n) is 18.5.